The minimum atomic E-state index is -0.541. The Hall–Kier alpha value is -3.06. The minimum Gasteiger partial charge on any atom is -0.494 e. The lowest BCUT2D eigenvalue weighted by Crippen LogP contribution is -2.16. The first-order valence-electron chi connectivity index (χ1n) is 10.3. The Bertz CT molecular complexity index is 1010. The van der Waals surface area contributed by atoms with Crippen LogP contribution in [0, 0.1) is 5.92 Å². The zero-order valence-corrected chi connectivity index (χ0v) is 17.2. The van der Waals surface area contributed by atoms with Crippen LogP contribution in [-0.4, -0.2) is 35.5 Å². The fourth-order valence-electron chi connectivity index (χ4n) is 3.79. The summed E-state index contributed by atoms with van der Waals surface area (Å²) < 4.78 is 18.9. The van der Waals surface area contributed by atoms with Crippen LogP contribution in [0.2, 0.25) is 0 Å². The van der Waals surface area contributed by atoms with Gasteiger partial charge in [-0.2, -0.15) is 5.10 Å². The molecule has 1 aliphatic rings. The molecule has 2 heterocycles. The maximum Gasteiger partial charge on any atom is 0.252 e. The third-order valence-corrected chi connectivity index (χ3v) is 5.53. The number of hydrogen-bond donors (Lipinski definition) is 1. The second-order valence-corrected chi connectivity index (χ2v) is 7.66. The van der Waals surface area contributed by atoms with Gasteiger partial charge < -0.3 is 19.9 Å². The average Bonchev–Trinajstić information content (AvgIpc) is 3.12. The maximum absolute atomic E-state index is 11.9. The van der Waals surface area contributed by atoms with Gasteiger partial charge in [-0.25, -0.2) is 0 Å². The second kappa shape index (κ2) is 9.17. The number of hydrogen-bond acceptors (Lipinski definition) is 5. The molecule has 1 aliphatic heterocycles. The van der Waals surface area contributed by atoms with Crippen LogP contribution >= 0.6 is 0 Å². The fraction of sp³-hybridized carbons (Fsp3) is 0.391. The van der Waals surface area contributed by atoms with E-state index in [1.54, 1.807) is 23.0 Å². The molecule has 0 aliphatic carbocycles. The highest BCUT2D eigenvalue weighted by atomic mass is 16.5. The van der Waals surface area contributed by atoms with Crippen LogP contribution in [0.15, 0.2) is 42.6 Å². The SMILES string of the molecule is Cn1ncc2cc(C(N)=O)c(Oc3ccc(OCCCC4CCOCC4)cc3)cc21. The molecule has 1 saturated heterocycles. The van der Waals surface area contributed by atoms with Crippen LogP contribution in [-0.2, 0) is 11.8 Å². The van der Waals surface area contributed by atoms with Gasteiger partial charge in [0.1, 0.15) is 17.2 Å². The van der Waals surface area contributed by atoms with Crippen LogP contribution in [0.25, 0.3) is 10.9 Å². The summed E-state index contributed by atoms with van der Waals surface area (Å²) in [5.74, 6) is 2.03. The molecule has 30 heavy (non-hydrogen) atoms. The number of rotatable bonds is 8. The van der Waals surface area contributed by atoms with Crippen molar-refractivity contribution in [3.8, 4) is 17.2 Å². The summed E-state index contributed by atoms with van der Waals surface area (Å²) in [5.41, 5.74) is 6.72. The first-order chi connectivity index (χ1) is 14.6. The van der Waals surface area contributed by atoms with Crippen LogP contribution < -0.4 is 15.2 Å². The van der Waals surface area contributed by atoms with Crippen molar-refractivity contribution in [2.45, 2.75) is 25.7 Å². The van der Waals surface area contributed by atoms with Gasteiger partial charge in [-0.3, -0.25) is 9.48 Å². The van der Waals surface area contributed by atoms with Gasteiger partial charge in [0, 0.05) is 31.7 Å². The van der Waals surface area contributed by atoms with Gasteiger partial charge >= 0.3 is 0 Å². The highest BCUT2D eigenvalue weighted by Gasteiger charge is 2.15. The molecule has 0 radical (unpaired) electrons. The molecule has 1 aromatic heterocycles. The summed E-state index contributed by atoms with van der Waals surface area (Å²) in [6.07, 6.45) is 6.22. The first-order valence-corrected chi connectivity index (χ1v) is 10.3. The van der Waals surface area contributed by atoms with E-state index >= 15 is 0 Å². The number of ether oxygens (including phenoxy) is 3. The van der Waals surface area contributed by atoms with Gasteiger partial charge in [0.2, 0.25) is 0 Å². The van der Waals surface area contributed by atoms with E-state index in [0.717, 1.165) is 55.0 Å². The van der Waals surface area contributed by atoms with E-state index in [1.165, 1.54) is 6.42 Å². The Labute approximate surface area is 175 Å². The standard InChI is InChI=1S/C23H27N3O4/c1-26-21-14-22(20(23(24)27)13-17(21)15-25-26)30-19-6-4-18(5-7-19)29-10-2-3-16-8-11-28-12-9-16/h4-7,13-16H,2-3,8-12H2,1H3,(H2,24,27). The van der Waals surface area contributed by atoms with Crippen LogP contribution in [0.3, 0.4) is 0 Å². The molecule has 4 rings (SSSR count). The first kappa shape index (κ1) is 20.2. The maximum atomic E-state index is 11.9. The summed E-state index contributed by atoms with van der Waals surface area (Å²) in [7, 11) is 1.84. The Kier molecular flexibility index (Phi) is 6.18. The number of aromatic nitrogens is 2. The van der Waals surface area contributed by atoms with Crippen LogP contribution in [0.4, 0.5) is 0 Å². The molecule has 0 saturated carbocycles. The molecule has 0 bridgehead atoms. The Morgan fingerprint density at radius 1 is 1.20 bits per heavy atom. The van der Waals surface area contributed by atoms with Crippen molar-refractivity contribution >= 4 is 16.8 Å². The zero-order valence-electron chi connectivity index (χ0n) is 17.2. The van der Waals surface area contributed by atoms with E-state index in [2.05, 4.69) is 5.10 Å². The summed E-state index contributed by atoms with van der Waals surface area (Å²) in [6.45, 7) is 2.47. The largest absolute Gasteiger partial charge is 0.494 e. The number of nitrogens with two attached hydrogens (primary N) is 1. The molecule has 0 atom stereocenters. The van der Waals surface area contributed by atoms with Crippen molar-refractivity contribution < 1.29 is 19.0 Å². The van der Waals surface area contributed by atoms with Gasteiger partial charge in [-0.05, 0) is 61.9 Å². The monoisotopic (exact) mass is 409 g/mol. The highest BCUT2D eigenvalue weighted by Crippen LogP contribution is 2.31. The minimum absolute atomic E-state index is 0.323. The topological polar surface area (TPSA) is 88.6 Å². The van der Waals surface area contributed by atoms with Crippen molar-refractivity contribution in [1.29, 1.82) is 0 Å². The molecule has 0 spiro atoms. The van der Waals surface area contributed by atoms with Crippen molar-refractivity contribution in [3.63, 3.8) is 0 Å². The number of fused-ring (bicyclic) bond motifs is 1. The molecule has 7 heteroatoms. The van der Waals surface area contributed by atoms with Crippen LogP contribution in [0.1, 0.15) is 36.0 Å². The number of primary amides is 1. The normalized spacial score (nSPS) is 14.7. The molecule has 2 N–H and O–H groups in total. The highest BCUT2D eigenvalue weighted by molar-refractivity contribution is 6.00. The molecule has 158 valence electrons. The number of carbonyl (C=O) groups is 1. The lowest BCUT2D eigenvalue weighted by atomic mass is 9.95. The van der Waals surface area contributed by atoms with Crippen molar-refractivity contribution in [2.24, 2.45) is 18.7 Å². The number of nitrogens with zero attached hydrogens (tertiary/aromatic N) is 2. The molecular weight excluding hydrogens is 382 g/mol. The molecule has 1 amide bonds. The fourth-order valence-corrected chi connectivity index (χ4v) is 3.79. The van der Waals surface area contributed by atoms with E-state index in [1.807, 2.05) is 31.3 Å². The van der Waals surface area contributed by atoms with Crippen molar-refractivity contribution in [3.05, 3.63) is 48.2 Å². The predicted octanol–water partition coefficient (Wildman–Crippen LogP) is 4.05. The predicted molar refractivity (Wildman–Crippen MR) is 114 cm³/mol. The quantitative estimate of drug-likeness (QED) is 0.567. The number of aryl methyl sites for hydroxylation is 1. The van der Waals surface area contributed by atoms with Crippen LogP contribution in [0.5, 0.6) is 17.2 Å². The van der Waals surface area contributed by atoms with E-state index in [0.29, 0.717) is 23.7 Å². The second-order valence-electron chi connectivity index (χ2n) is 7.66. The Morgan fingerprint density at radius 2 is 1.93 bits per heavy atom. The van der Waals surface area contributed by atoms with E-state index in [-0.39, 0.29) is 0 Å². The van der Waals surface area contributed by atoms with Gasteiger partial charge in [0.15, 0.2) is 0 Å². The molecular formula is C23H27N3O4. The molecule has 7 nitrogen and oxygen atoms in total. The van der Waals surface area contributed by atoms with Gasteiger partial charge in [0.05, 0.1) is 23.9 Å². The smallest absolute Gasteiger partial charge is 0.252 e. The van der Waals surface area contributed by atoms with Crippen molar-refractivity contribution in [2.75, 3.05) is 19.8 Å². The van der Waals surface area contributed by atoms with E-state index in [4.69, 9.17) is 19.9 Å². The molecule has 2 aromatic carbocycles. The summed E-state index contributed by atoms with van der Waals surface area (Å²) in [5, 5.41) is 5.04. The summed E-state index contributed by atoms with van der Waals surface area (Å²) in [6, 6.07) is 10.9. The Morgan fingerprint density at radius 3 is 2.67 bits per heavy atom. The lowest BCUT2D eigenvalue weighted by molar-refractivity contribution is 0.0620. The zero-order chi connectivity index (χ0) is 20.9. The molecule has 0 unspecified atom stereocenters. The number of amides is 1. The number of benzene rings is 2. The van der Waals surface area contributed by atoms with Crippen molar-refractivity contribution in [1.82, 2.24) is 9.78 Å². The average molecular weight is 409 g/mol. The van der Waals surface area contributed by atoms with Gasteiger partial charge in [-0.1, -0.05) is 0 Å². The summed E-state index contributed by atoms with van der Waals surface area (Å²) >= 11 is 0. The van der Waals surface area contributed by atoms with E-state index < -0.39 is 5.91 Å². The Balaban J connectivity index is 1.36. The number of carbonyl (C=O) groups excluding carboxylic acids is 1. The third kappa shape index (κ3) is 4.74. The van der Waals surface area contributed by atoms with Gasteiger partial charge in [-0.15, -0.1) is 0 Å². The summed E-state index contributed by atoms with van der Waals surface area (Å²) in [4.78, 5) is 11.9. The molecule has 1 fully saturated rings. The third-order valence-electron chi connectivity index (χ3n) is 5.53. The lowest BCUT2D eigenvalue weighted by Gasteiger charge is -2.21. The van der Waals surface area contributed by atoms with E-state index in [9.17, 15) is 4.79 Å². The van der Waals surface area contributed by atoms with Gasteiger partial charge in [0.25, 0.3) is 5.91 Å². The molecule has 3 aromatic rings.